The van der Waals surface area contributed by atoms with Crippen molar-refractivity contribution in [2.45, 2.75) is 12.3 Å². The van der Waals surface area contributed by atoms with Gasteiger partial charge in [-0.25, -0.2) is 0 Å². The van der Waals surface area contributed by atoms with Crippen LogP contribution in [0.25, 0.3) is 10.8 Å². The number of aromatic amines is 1. The SMILES string of the molecule is COc1cc(C[C@@H](C(=O)Nc2cccc3ccccc23)c2nn[nH]n2)ccc1O. The zero-order valence-corrected chi connectivity index (χ0v) is 15.7. The number of H-pyrrole nitrogens is 1. The third-order valence-corrected chi connectivity index (χ3v) is 4.72. The first-order valence-corrected chi connectivity index (χ1v) is 9.03. The summed E-state index contributed by atoms with van der Waals surface area (Å²) in [7, 11) is 1.47. The lowest BCUT2D eigenvalue weighted by Crippen LogP contribution is -2.24. The number of amides is 1. The number of phenolic OH excluding ortho intramolecular Hbond substituents is 1. The van der Waals surface area contributed by atoms with Crippen LogP contribution in [0.5, 0.6) is 11.5 Å². The smallest absolute Gasteiger partial charge is 0.235 e. The number of methoxy groups -OCH3 is 1. The van der Waals surface area contributed by atoms with Crippen molar-refractivity contribution in [2.75, 3.05) is 12.4 Å². The minimum Gasteiger partial charge on any atom is -0.504 e. The van der Waals surface area contributed by atoms with Crippen LogP contribution in [-0.2, 0) is 11.2 Å². The van der Waals surface area contributed by atoms with Gasteiger partial charge in [-0.15, -0.1) is 10.2 Å². The van der Waals surface area contributed by atoms with Gasteiger partial charge in [-0.3, -0.25) is 4.79 Å². The number of nitrogens with one attached hydrogen (secondary N) is 2. The first-order valence-electron chi connectivity index (χ1n) is 9.03. The lowest BCUT2D eigenvalue weighted by Gasteiger charge is -2.16. The first-order chi connectivity index (χ1) is 14.2. The van der Waals surface area contributed by atoms with E-state index in [1.165, 1.54) is 13.2 Å². The molecule has 0 aliphatic rings. The van der Waals surface area contributed by atoms with Crippen molar-refractivity contribution in [3.8, 4) is 11.5 Å². The summed E-state index contributed by atoms with van der Waals surface area (Å²) in [6.45, 7) is 0. The van der Waals surface area contributed by atoms with Crippen molar-refractivity contribution >= 4 is 22.4 Å². The molecule has 8 nitrogen and oxygen atoms in total. The van der Waals surface area contributed by atoms with Gasteiger partial charge in [-0.2, -0.15) is 5.21 Å². The molecule has 4 rings (SSSR count). The van der Waals surface area contributed by atoms with Crippen LogP contribution in [-0.4, -0.2) is 38.7 Å². The standard InChI is InChI=1S/C21H19N5O3/c1-29-19-12-13(9-10-18(19)27)11-16(20-23-25-26-24-20)21(28)22-17-8-4-6-14-5-2-3-7-15(14)17/h2-10,12,16,27H,11H2,1H3,(H,22,28)(H,23,24,25,26)/t16-/m1/s1. The molecule has 1 heterocycles. The van der Waals surface area contributed by atoms with Crippen molar-refractivity contribution in [3.63, 3.8) is 0 Å². The molecule has 0 unspecified atom stereocenters. The normalized spacial score (nSPS) is 11.9. The maximum absolute atomic E-state index is 13.2. The zero-order chi connectivity index (χ0) is 20.2. The highest BCUT2D eigenvalue weighted by atomic mass is 16.5. The highest BCUT2D eigenvalue weighted by Crippen LogP contribution is 2.30. The predicted octanol–water partition coefficient (Wildman–Crippen LogP) is 3.03. The van der Waals surface area contributed by atoms with Crippen molar-refractivity contribution < 1.29 is 14.6 Å². The molecule has 0 fully saturated rings. The topological polar surface area (TPSA) is 113 Å². The molecular weight excluding hydrogens is 370 g/mol. The second kappa shape index (κ2) is 7.97. The average Bonchev–Trinajstić information content (AvgIpc) is 3.28. The van der Waals surface area contributed by atoms with Gasteiger partial charge in [0.05, 0.1) is 7.11 Å². The Morgan fingerprint density at radius 1 is 1.17 bits per heavy atom. The number of phenols is 1. The number of benzene rings is 3. The van der Waals surface area contributed by atoms with Gasteiger partial charge in [0.1, 0.15) is 5.92 Å². The molecule has 8 heteroatoms. The number of aromatic nitrogens is 4. The van der Waals surface area contributed by atoms with E-state index >= 15 is 0 Å². The number of carbonyl (C=O) groups excluding carboxylic acids is 1. The van der Waals surface area contributed by atoms with E-state index in [2.05, 4.69) is 25.9 Å². The van der Waals surface area contributed by atoms with Crippen molar-refractivity contribution in [1.29, 1.82) is 0 Å². The van der Waals surface area contributed by atoms with Crippen LogP contribution in [0.1, 0.15) is 17.3 Å². The van der Waals surface area contributed by atoms with Gasteiger partial charge in [0.15, 0.2) is 17.3 Å². The van der Waals surface area contributed by atoms with Crippen LogP contribution >= 0.6 is 0 Å². The fourth-order valence-electron chi connectivity index (χ4n) is 3.26. The van der Waals surface area contributed by atoms with E-state index in [0.29, 0.717) is 17.9 Å². The molecule has 0 aliphatic heterocycles. The Hall–Kier alpha value is -3.94. The molecule has 0 spiro atoms. The number of fused-ring (bicyclic) bond motifs is 1. The number of aromatic hydroxyl groups is 1. The lowest BCUT2D eigenvalue weighted by molar-refractivity contribution is -0.117. The van der Waals surface area contributed by atoms with Crippen LogP contribution in [0.3, 0.4) is 0 Å². The van der Waals surface area contributed by atoms with Crippen molar-refractivity contribution in [2.24, 2.45) is 0 Å². The summed E-state index contributed by atoms with van der Waals surface area (Å²) in [6.07, 6.45) is 0.312. The van der Waals surface area contributed by atoms with E-state index in [9.17, 15) is 9.90 Å². The summed E-state index contributed by atoms with van der Waals surface area (Å²) in [5.74, 6) is -0.275. The van der Waals surface area contributed by atoms with Gasteiger partial charge in [-0.05, 0) is 35.6 Å². The zero-order valence-electron chi connectivity index (χ0n) is 15.7. The third kappa shape index (κ3) is 3.86. The molecule has 29 heavy (non-hydrogen) atoms. The van der Waals surface area contributed by atoms with E-state index in [0.717, 1.165) is 16.3 Å². The highest BCUT2D eigenvalue weighted by molar-refractivity contribution is 6.04. The molecule has 0 saturated carbocycles. The molecule has 3 aromatic carbocycles. The number of ether oxygens (including phenoxy) is 1. The third-order valence-electron chi connectivity index (χ3n) is 4.72. The lowest BCUT2D eigenvalue weighted by atomic mass is 9.97. The number of rotatable bonds is 6. The Morgan fingerprint density at radius 2 is 2.00 bits per heavy atom. The van der Waals surface area contributed by atoms with Crippen molar-refractivity contribution in [1.82, 2.24) is 20.6 Å². The second-order valence-corrected chi connectivity index (χ2v) is 6.55. The second-order valence-electron chi connectivity index (χ2n) is 6.55. The summed E-state index contributed by atoms with van der Waals surface area (Å²) in [5, 5.41) is 28.8. The molecule has 0 saturated heterocycles. The molecule has 146 valence electrons. The number of hydrogen-bond acceptors (Lipinski definition) is 6. The molecule has 0 radical (unpaired) electrons. The van der Waals surface area contributed by atoms with Gasteiger partial charge in [-0.1, -0.05) is 47.7 Å². The number of tetrazole rings is 1. The van der Waals surface area contributed by atoms with E-state index in [-0.39, 0.29) is 17.5 Å². The van der Waals surface area contributed by atoms with Gasteiger partial charge >= 0.3 is 0 Å². The average molecular weight is 389 g/mol. The summed E-state index contributed by atoms with van der Waals surface area (Å²) in [5.41, 5.74) is 1.51. The van der Waals surface area contributed by atoms with E-state index in [1.807, 2.05) is 42.5 Å². The fourth-order valence-corrected chi connectivity index (χ4v) is 3.26. The predicted molar refractivity (Wildman–Crippen MR) is 108 cm³/mol. The van der Waals surface area contributed by atoms with Gasteiger partial charge in [0, 0.05) is 11.1 Å². The van der Waals surface area contributed by atoms with Crippen LogP contribution < -0.4 is 10.1 Å². The molecule has 4 aromatic rings. The molecule has 0 bridgehead atoms. The van der Waals surface area contributed by atoms with Gasteiger partial charge in [0.2, 0.25) is 5.91 Å². The van der Waals surface area contributed by atoms with Crippen LogP contribution in [0.4, 0.5) is 5.69 Å². The first kappa shape index (κ1) is 18.4. The summed E-state index contributed by atoms with van der Waals surface area (Å²) in [4.78, 5) is 13.2. The fraction of sp³-hybridized carbons (Fsp3) is 0.143. The summed E-state index contributed by atoms with van der Waals surface area (Å²) >= 11 is 0. The van der Waals surface area contributed by atoms with E-state index in [1.54, 1.807) is 12.1 Å². The Balaban J connectivity index is 1.64. The maximum Gasteiger partial charge on any atom is 0.235 e. The number of nitrogens with zero attached hydrogens (tertiary/aromatic N) is 3. The minimum absolute atomic E-state index is 0.0348. The Kier molecular flexibility index (Phi) is 5.07. The van der Waals surface area contributed by atoms with Crippen LogP contribution in [0.2, 0.25) is 0 Å². The summed E-state index contributed by atoms with van der Waals surface area (Å²) < 4.78 is 5.16. The van der Waals surface area contributed by atoms with E-state index in [4.69, 9.17) is 4.74 Å². The van der Waals surface area contributed by atoms with E-state index < -0.39 is 5.92 Å². The number of carbonyl (C=O) groups is 1. The minimum atomic E-state index is -0.679. The Labute approximate surface area is 166 Å². The molecule has 1 amide bonds. The maximum atomic E-state index is 13.2. The number of anilines is 1. The summed E-state index contributed by atoms with van der Waals surface area (Å²) in [6, 6.07) is 18.5. The molecule has 1 aromatic heterocycles. The number of hydrogen-bond donors (Lipinski definition) is 3. The molecule has 1 atom stereocenters. The largest absolute Gasteiger partial charge is 0.504 e. The highest BCUT2D eigenvalue weighted by Gasteiger charge is 2.26. The monoisotopic (exact) mass is 389 g/mol. The Bertz CT molecular complexity index is 1140. The van der Waals surface area contributed by atoms with Crippen molar-refractivity contribution in [3.05, 3.63) is 72.1 Å². The molecule has 0 aliphatic carbocycles. The Morgan fingerprint density at radius 3 is 2.79 bits per heavy atom. The molecule has 3 N–H and O–H groups in total. The van der Waals surface area contributed by atoms with Gasteiger partial charge in [0.25, 0.3) is 0 Å². The van der Waals surface area contributed by atoms with Gasteiger partial charge < -0.3 is 15.2 Å². The van der Waals surface area contributed by atoms with Crippen LogP contribution in [0, 0.1) is 0 Å². The quantitative estimate of drug-likeness (QED) is 0.467. The van der Waals surface area contributed by atoms with Crippen LogP contribution in [0.15, 0.2) is 60.7 Å². The molecular formula is C21H19N5O3.